The van der Waals surface area contributed by atoms with E-state index in [0.717, 1.165) is 61.6 Å². The van der Waals surface area contributed by atoms with Crippen LogP contribution in [0.15, 0.2) is 322 Å². The van der Waals surface area contributed by atoms with Gasteiger partial charge in [-0.3, -0.25) is 0 Å². The lowest BCUT2D eigenvalue weighted by Gasteiger charge is -2.32. The first kappa shape index (κ1) is 71.5. The van der Waals surface area contributed by atoms with Crippen LogP contribution >= 0.6 is 23.2 Å². The van der Waals surface area contributed by atoms with Gasteiger partial charge >= 0.3 is 7.12 Å². The van der Waals surface area contributed by atoms with Gasteiger partial charge in [0.25, 0.3) is 0 Å². The third-order valence-electron chi connectivity index (χ3n) is 23.4. The van der Waals surface area contributed by atoms with Crippen LogP contribution in [0.3, 0.4) is 0 Å². The van der Waals surface area contributed by atoms with Crippen LogP contribution in [0.1, 0.15) is 103 Å². The first-order valence-corrected chi connectivity index (χ1v) is 38.6. The molecular weight excluding hydrogens is 1380 g/mol. The van der Waals surface area contributed by atoms with E-state index in [9.17, 15) is 0 Å². The van der Waals surface area contributed by atoms with Crippen LogP contribution in [-0.2, 0) is 25.6 Å². The maximum atomic E-state index is 6.27. The summed E-state index contributed by atoms with van der Waals surface area (Å²) in [5.41, 5.74) is 36.3. The first-order chi connectivity index (χ1) is 53.0. The van der Waals surface area contributed by atoms with Crippen molar-refractivity contribution in [3.8, 4) is 134 Å². The van der Waals surface area contributed by atoms with Gasteiger partial charge in [0.1, 0.15) is 12.7 Å². The summed E-state index contributed by atoms with van der Waals surface area (Å²) in [5, 5.41) is 1.37. The van der Waals surface area contributed by atoms with Crippen LogP contribution in [0.2, 0.25) is 10.0 Å². The molecule has 0 N–H and O–H groups in total. The molecule has 0 unspecified atom stereocenters. The van der Waals surface area contributed by atoms with Crippen molar-refractivity contribution < 1.29 is 9.31 Å². The molecule has 0 bridgehead atoms. The predicted molar refractivity (Wildman–Crippen MR) is 458 cm³/mol. The van der Waals surface area contributed by atoms with Crippen molar-refractivity contribution in [2.24, 2.45) is 0 Å². The molecule has 6 nitrogen and oxygen atoms in total. The molecule has 4 aliphatic rings. The first-order valence-electron chi connectivity index (χ1n) is 37.8. The van der Waals surface area contributed by atoms with E-state index in [2.05, 4.69) is 334 Å². The van der Waals surface area contributed by atoms with Gasteiger partial charge < -0.3 is 9.31 Å². The minimum absolute atomic E-state index is 0.00523. The number of benzene rings is 13. The maximum Gasteiger partial charge on any atom is 0.494 e. The average molecular weight is 1470 g/mol. The van der Waals surface area contributed by atoms with Crippen LogP contribution in [-0.4, -0.2) is 38.3 Å². The van der Waals surface area contributed by atoms with Crippen molar-refractivity contribution in [1.82, 2.24) is 19.9 Å². The Labute approximate surface area is 656 Å². The Morgan fingerprint density at radius 2 is 0.482 bits per heavy atom. The van der Waals surface area contributed by atoms with Crippen LogP contribution in [0.5, 0.6) is 0 Å². The summed E-state index contributed by atoms with van der Waals surface area (Å²) in [6, 6.07) is 110. The molecule has 3 aliphatic carbocycles. The summed E-state index contributed by atoms with van der Waals surface area (Å²) < 4.78 is 12.5. The van der Waals surface area contributed by atoms with Crippen molar-refractivity contribution >= 4 is 35.8 Å². The summed E-state index contributed by atoms with van der Waals surface area (Å²) in [6.07, 6.45) is 3.24. The second kappa shape index (κ2) is 28.2. The van der Waals surface area contributed by atoms with Crippen LogP contribution < -0.4 is 5.46 Å². The zero-order valence-corrected chi connectivity index (χ0v) is 65.1. The van der Waals surface area contributed by atoms with Gasteiger partial charge in [-0.05, 0) is 234 Å². The number of fused-ring (bicyclic) bond motifs is 9. The maximum absolute atomic E-state index is 6.27. The fourth-order valence-electron chi connectivity index (χ4n) is 16.6. The highest BCUT2D eigenvalue weighted by molar-refractivity contribution is 6.62. The van der Waals surface area contributed by atoms with Gasteiger partial charge in [0.2, 0.25) is 0 Å². The van der Waals surface area contributed by atoms with Gasteiger partial charge in [-0.25, -0.2) is 19.9 Å². The third kappa shape index (κ3) is 13.3. The van der Waals surface area contributed by atoms with Crippen molar-refractivity contribution in [2.45, 2.75) is 96.7 Å². The molecule has 9 heteroatoms. The monoisotopic (exact) mass is 1460 g/mol. The Bertz CT molecular complexity index is 5830. The van der Waals surface area contributed by atoms with Gasteiger partial charge in [-0.1, -0.05) is 295 Å². The summed E-state index contributed by atoms with van der Waals surface area (Å²) in [7, 11) is -0.343. The molecule has 0 spiro atoms. The topological polar surface area (TPSA) is 70.0 Å². The fraction of sp³-hybridized carbons (Fsp3) is 0.149. The van der Waals surface area contributed by atoms with Gasteiger partial charge in [0.05, 0.1) is 34.0 Å². The van der Waals surface area contributed by atoms with Crippen molar-refractivity contribution in [3.05, 3.63) is 365 Å². The number of halogens is 2. The molecule has 0 amide bonds. The van der Waals surface area contributed by atoms with E-state index in [0.29, 0.717) is 10.0 Å². The van der Waals surface area contributed by atoms with E-state index in [1.807, 2.05) is 54.6 Å². The van der Waals surface area contributed by atoms with Gasteiger partial charge in [-0.15, -0.1) is 0 Å². The highest BCUT2D eigenvalue weighted by Crippen LogP contribution is 2.53. The summed E-state index contributed by atoms with van der Waals surface area (Å²) >= 11 is 12.0. The molecule has 0 atom stereocenters. The molecule has 13 aromatic carbocycles. The Kier molecular flexibility index (Phi) is 18.3. The predicted octanol–water partition coefficient (Wildman–Crippen LogP) is 26.2. The third-order valence-corrected chi connectivity index (χ3v) is 23.9. The second-order valence-corrected chi connectivity index (χ2v) is 32.8. The summed E-state index contributed by atoms with van der Waals surface area (Å²) in [5.74, 6) is 0. The molecule has 536 valence electrons. The Balaban J connectivity index is 0.000000145. The van der Waals surface area contributed by atoms with E-state index in [1.165, 1.54) is 111 Å². The molecule has 110 heavy (non-hydrogen) atoms. The lowest BCUT2D eigenvalue weighted by molar-refractivity contribution is 0.00578. The molecule has 2 aromatic heterocycles. The molecule has 1 aliphatic heterocycles. The average Bonchev–Trinajstić information content (AvgIpc) is 1.59. The lowest BCUT2D eigenvalue weighted by Crippen LogP contribution is -2.41. The van der Waals surface area contributed by atoms with Crippen LogP contribution in [0, 0.1) is 0 Å². The smallest absolute Gasteiger partial charge is 0.399 e. The zero-order chi connectivity index (χ0) is 75.8. The second-order valence-electron chi connectivity index (χ2n) is 31.9. The number of nitrogens with zero attached hydrogens (tertiary/aromatic N) is 4. The lowest BCUT2D eigenvalue weighted by atomic mass is 9.77. The molecule has 3 heterocycles. The Hall–Kier alpha value is -11.4. The van der Waals surface area contributed by atoms with Crippen LogP contribution in [0.4, 0.5) is 0 Å². The number of aromatic nitrogens is 4. The molecule has 0 radical (unpaired) electrons. The minimum atomic E-state index is -0.343. The molecule has 0 saturated carbocycles. The molecule has 15 aromatic rings. The minimum Gasteiger partial charge on any atom is -0.399 e. The van der Waals surface area contributed by atoms with Crippen molar-refractivity contribution in [2.75, 3.05) is 0 Å². The summed E-state index contributed by atoms with van der Waals surface area (Å²) in [6.45, 7) is 22.4. The Morgan fingerprint density at radius 3 is 0.809 bits per heavy atom. The van der Waals surface area contributed by atoms with Crippen molar-refractivity contribution in [1.29, 1.82) is 0 Å². The normalized spacial score (nSPS) is 15.0. The van der Waals surface area contributed by atoms with Gasteiger partial charge in [0.15, 0.2) is 0 Å². The Morgan fingerprint density at radius 1 is 0.227 bits per heavy atom. The SMILES string of the molecule is CC1(C)c2ccccc2-c2ccc(-c3cccc(-c4cccc(-c5cc(-c6cccc(-c7cccc(-c8ccc9c(c8)C(C)(C)c8ccccc8-9)c7)c6)ncn5)c4)c3)cc21.CC1(C)c2ccccc2-c2ccc(-c3cccc(B4OC(C)(C)C(C)(C)O4)c3)cc21.Clc1cccc(-c2cc(-c3cccc(Cl)c3)ncn2)c1. The van der Waals surface area contributed by atoms with Gasteiger partial charge in [0, 0.05) is 48.5 Å². The molecule has 1 saturated heterocycles. The quantitative estimate of drug-likeness (QED) is 0.127. The number of hydrogen-bond acceptors (Lipinski definition) is 6. The fourth-order valence-corrected chi connectivity index (χ4v) is 17.0. The molecule has 1 fully saturated rings. The van der Waals surface area contributed by atoms with E-state index < -0.39 is 0 Å². The highest BCUT2D eigenvalue weighted by Gasteiger charge is 2.52. The summed E-state index contributed by atoms with van der Waals surface area (Å²) in [4.78, 5) is 18.1. The highest BCUT2D eigenvalue weighted by atomic mass is 35.5. The van der Waals surface area contributed by atoms with Crippen LogP contribution in [0.25, 0.3) is 134 Å². The largest absolute Gasteiger partial charge is 0.494 e. The standard InChI is InChI=1S/C58H44N2.C27H29BO2.C16H10Cl2N2/c1-57(2)51-23-7-5-21-47(51)49-27-25-43(33-53(49)57)39-15-9-13-37(29-39)41-17-11-19-45(31-41)55-35-56(60-36-59-55)46-20-12-18-42(32-46)38-14-10-16-40(30-38)44-26-28-50-48-22-6-8-24-52(48)58(3,4)54(50)34-44;1-25(2)23-13-8-7-12-21(23)22-15-14-19(17-24(22)25)18-10-9-11-20(16-18)28-29-26(3,4)27(5,6)30-28;17-13-5-1-3-11(7-13)15-9-16(20-10-19-15)12-4-2-6-14(18)8-12/h5-36H,1-4H3;7-17H,1-6H3;1-10H. The van der Waals surface area contributed by atoms with E-state index >= 15 is 0 Å². The molecule has 19 rings (SSSR count). The van der Waals surface area contributed by atoms with Crippen molar-refractivity contribution in [3.63, 3.8) is 0 Å². The van der Waals surface area contributed by atoms with Gasteiger partial charge in [-0.2, -0.15) is 0 Å². The number of rotatable bonds is 10. The number of hydrogen-bond donors (Lipinski definition) is 0. The zero-order valence-electron chi connectivity index (χ0n) is 63.5. The van der Waals surface area contributed by atoms with E-state index in [4.69, 9.17) is 42.5 Å². The molecular formula is C101H83BCl2N4O2. The van der Waals surface area contributed by atoms with E-state index in [1.54, 1.807) is 12.7 Å². The van der Waals surface area contributed by atoms with E-state index in [-0.39, 0.29) is 34.6 Å².